The van der Waals surface area contributed by atoms with E-state index in [1.165, 1.54) is 0 Å². The van der Waals surface area contributed by atoms with Gasteiger partial charge in [0.15, 0.2) is 0 Å². The number of carbonyl (C=O) groups excluding carboxylic acids is 1. The van der Waals surface area contributed by atoms with E-state index in [2.05, 4.69) is 30.1 Å². The second kappa shape index (κ2) is 8.04. The minimum absolute atomic E-state index is 0.135. The van der Waals surface area contributed by atoms with Crippen LogP contribution in [0.2, 0.25) is 0 Å². The lowest BCUT2D eigenvalue weighted by molar-refractivity contribution is 0.102. The average Bonchev–Trinajstić information content (AvgIpc) is 2.76. The Bertz CT molecular complexity index is 937. The second-order valence-electron chi connectivity index (χ2n) is 6.75. The van der Waals surface area contributed by atoms with E-state index < -0.39 is 0 Å². The number of amides is 1. The number of nitrogens with zero attached hydrogens (tertiary/aromatic N) is 5. The Morgan fingerprint density at radius 3 is 2.29 bits per heavy atom. The number of rotatable bonds is 4. The lowest BCUT2D eigenvalue weighted by atomic mass is 10.2. The van der Waals surface area contributed by atoms with Gasteiger partial charge in [-0.1, -0.05) is 17.7 Å². The van der Waals surface area contributed by atoms with Gasteiger partial charge in [-0.15, -0.1) is 0 Å². The van der Waals surface area contributed by atoms with E-state index in [4.69, 9.17) is 0 Å². The third kappa shape index (κ3) is 4.09. The molecule has 1 aliphatic heterocycles. The monoisotopic (exact) mass is 374 g/mol. The van der Waals surface area contributed by atoms with Crippen molar-refractivity contribution in [3.8, 4) is 0 Å². The van der Waals surface area contributed by atoms with Gasteiger partial charge in [-0.05, 0) is 37.3 Å². The molecule has 3 heterocycles. The maximum atomic E-state index is 12.6. The van der Waals surface area contributed by atoms with Gasteiger partial charge in [0.05, 0.1) is 0 Å². The lowest BCUT2D eigenvalue weighted by Crippen LogP contribution is -2.47. The molecule has 1 saturated heterocycles. The molecular weight excluding hydrogens is 352 g/mol. The summed E-state index contributed by atoms with van der Waals surface area (Å²) in [5, 5.41) is 2.93. The van der Waals surface area contributed by atoms with Crippen molar-refractivity contribution in [2.75, 3.05) is 41.3 Å². The van der Waals surface area contributed by atoms with Gasteiger partial charge in [0.25, 0.3) is 5.91 Å². The Hall–Kier alpha value is -3.48. The second-order valence-corrected chi connectivity index (χ2v) is 6.75. The van der Waals surface area contributed by atoms with Crippen LogP contribution < -0.4 is 15.1 Å². The van der Waals surface area contributed by atoms with Crippen molar-refractivity contribution in [2.45, 2.75) is 6.92 Å². The maximum absolute atomic E-state index is 12.6. The van der Waals surface area contributed by atoms with E-state index in [-0.39, 0.29) is 5.91 Å². The van der Waals surface area contributed by atoms with Gasteiger partial charge < -0.3 is 15.1 Å². The number of aromatic nitrogens is 3. The number of carbonyl (C=O) groups is 1. The first-order valence-corrected chi connectivity index (χ1v) is 9.30. The first-order valence-electron chi connectivity index (χ1n) is 9.30. The zero-order chi connectivity index (χ0) is 19.3. The normalized spacial score (nSPS) is 14.0. The van der Waals surface area contributed by atoms with Crippen LogP contribution in [-0.2, 0) is 0 Å². The SMILES string of the molecule is Cc1ccc(NC(=O)c2ccnc(N3CCN(c4ncccn4)CC3)c2)cc1. The molecule has 3 aromatic rings. The Labute approximate surface area is 164 Å². The molecular formula is C21H22N6O. The number of hydrogen-bond acceptors (Lipinski definition) is 6. The summed E-state index contributed by atoms with van der Waals surface area (Å²) in [7, 11) is 0. The minimum Gasteiger partial charge on any atom is -0.353 e. The summed E-state index contributed by atoms with van der Waals surface area (Å²) in [5.74, 6) is 1.43. The van der Waals surface area contributed by atoms with Crippen LogP contribution in [0.1, 0.15) is 15.9 Å². The molecule has 0 atom stereocenters. The van der Waals surface area contributed by atoms with Crippen LogP contribution in [0.5, 0.6) is 0 Å². The maximum Gasteiger partial charge on any atom is 0.255 e. The molecule has 28 heavy (non-hydrogen) atoms. The topological polar surface area (TPSA) is 74.2 Å². The molecule has 0 aliphatic carbocycles. The zero-order valence-corrected chi connectivity index (χ0v) is 15.7. The Balaban J connectivity index is 1.41. The van der Waals surface area contributed by atoms with Gasteiger partial charge in [0.2, 0.25) is 5.95 Å². The van der Waals surface area contributed by atoms with Crippen molar-refractivity contribution in [1.29, 1.82) is 0 Å². The van der Waals surface area contributed by atoms with Crippen LogP contribution in [0.15, 0.2) is 61.1 Å². The van der Waals surface area contributed by atoms with Crippen LogP contribution in [0.3, 0.4) is 0 Å². The molecule has 2 aromatic heterocycles. The van der Waals surface area contributed by atoms with Crippen molar-refractivity contribution in [2.24, 2.45) is 0 Å². The minimum atomic E-state index is -0.135. The quantitative estimate of drug-likeness (QED) is 0.757. The van der Waals surface area contributed by atoms with E-state index in [0.717, 1.165) is 49.2 Å². The van der Waals surface area contributed by atoms with Crippen LogP contribution >= 0.6 is 0 Å². The fourth-order valence-corrected chi connectivity index (χ4v) is 3.16. The highest BCUT2D eigenvalue weighted by atomic mass is 16.1. The van der Waals surface area contributed by atoms with E-state index in [1.54, 1.807) is 24.7 Å². The van der Waals surface area contributed by atoms with Crippen molar-refractivity contribution in [1.82, 2.24) is 15.0 Å². The lowest BCUT2D eigenvalue weighted by Gasteiger charge is -2.35. The molecule has 1 aliphatic rings. The molecule has 142 valence electrons. The van der Waals surface area contributed by atoms with Crippen molar-refractivity contribution < 1.29 is 4.79 Å². The molecule has 0 unspecified atom stereocenters. The van der Waals surface area contributed by atoms with Gasteiger partial charge in [-0.2, -0.15) is 0 Å². The number of pyridine rings is 1. The molecule has 4 rings (SSSR count). The van der Waals surface area contributed by atoms with Crippen molar-refractivity contribution in [3.63, 3.8) is 0 Å². The van der Waals surface area contributed by atoms with Gasteiger partial charge >= 0.3 is 0 Å². The molecule has 1 aromatic carbocycles. The van der Waals surface area contributed by atoms with Crippen molar-refractivity contribution >= 4 is 23.4 Å². The zero-order valence-electron chi connectivity index (χ0n) is 15.7. The van der Waals surface area contributed by atoms with Gasteiger partial charge in [-0.25, -0.2) is 15.0 Å². The molecule has 0 saturated carbocycles. The molecule has 1 amide bonds. The number of benzene rings is 1. The number of hydrogen-bond donors (Lipinski definition) is 1. The molecule has 0 radical (unpaired) electrons. The summed E-state index contributed by atoms with van der Waals surface area (Å²) < 4.78 is 0. The fraction of sp³-hybridized carbons (Fsp3) is 0.238. The summed E-state index contributed by atoms with van der Waals surface area (Å²) in [6.45, 7) is 5.24. The number of anilines is 3. The third-order valence-corrected chi connectivity index (χ3v) is 4.76. The molecule has 7 nitrogen and oxygen atoms in total. The van der Waals surface area contributed by atoms with Crippen LogP contribution in [0, 0.1) is 6.92 Å². The standard InChI is InChI=1S/C21H22N6O/c1-16-3-5-18(6-4-16)25-20(28)17-7-10-22-19(15-17)26-11-13-27(14-12-26)21-23-8-2-9-24-21/h2-10,15H,11-14H2,1H3,(H,25,28). The first kappa shape index (κ1) is 17.9. The third-order valence-electron chi connectivity index (χ3n) is 4.76. The van der Waals surface area contributed by atoms with E-state index in [9.17, 15) is 4.79 Å². The molecule has 0 bridgehead atoms. The molecule has 1 N–H and O–H groups in total. The number of aryl methyl sites for hydroxylation is 1. The highest BCUT2D eigenvalue weighted by molar-refractivity contribution is 6.04. The van der Waals surface area contributed by atoms with Crippen LogP contribution in [0.4, 0.5) is 17.5 Å². The molecule has 7 heteroatoms. The largest absolute Gasteiger partial charge is 0.353 e. The summed E-state index contributed by atoms with van der Waals surface area (Å²) in [6.07, 6.45) is 5.20. The fourth-order valence-electron chi connectivity index (χ4n) is 3.16. The van der Waals surface area contributed by atoms with E-state index >= 15 is 0 Å². The highest BCUT2D eigenvalue weighted by Crippen LogP contribution is 2.18. The number of piperazine rings is 1. The predicted molar refractivity (Wildman–Crippen MR) is 110 cm³/mol. The summed E-state index contributed by atoms with van der Waals surface area (Å²) in [5.41, 5.74) is 2.54. The van der Waals surface area contributed by atoms with Crippen LogP contribution in [-0.4, -0.2) is 47.0 Å². The van der Waals surface area contributed by atoms with Crippen LogP contribution in [0.25, 0.3) is 0 Å². The summed E-state index contributed by atoms with van der Waals surface area (Å²) in [4.78, 5) is 30.0. The Morgan fingerprint density at radius 1 is 0.893 bits per heavy atom. The van der Waals surface area contributed by atoms with Gasteiger partial charge in [0.1, 0.15) is 5.82 Å². The Kier molecular flexibility index (Phi) is 5.14. The highest BCUT2D eigenvalue weighted by Gasteiger charge is 2.20. The smallest absolute Gasteiger partial charge is 0.255 e. The summed E-state index contributed by atoms with van der Waals surface area (Å²) >= 11 is 0. The first-order chi connectivity index (χ1) is 13.7. The van der Waals surface area contributed by atoms with E-state index in [1.807, 2.05) is 43.3 Å². The summed E-state index contributed by atoms with van der Waals surface area (Å²) in [6, 6.07) is 13.2. The number of nitrogens with one attached hydrogen (secondary N) is 1. The predicted octanol–water partition coefficient (Wildman–Crippen LogP) is 2.76. The van der Waals surface area contributed by atoms with Crippen molar-refractivity contribution in [3.05, 3.63) is 72.2 Å². The molecule has 0 spiro atoms. The van der Waals surface area contributed by atoms with Gasteiger partial charge in [-0.3, -0.25) is 4.79 Å². The molecule has 1 fully saturated rings. The Morgan fingerprint density at radius 2 is 1.57 bits per heavy atom. The average molecular weight is 374 g/mol. The van der Waals surface area contributed by atoms with E-state index in [0.29, 0.717) is 5.56 Å². The van der Waals surface area contributed by atoms with Gasteiger partial charge in [0, 0.05) is 56.0 Å².